The first-order valence-electron chi connectivity index (χ1n) is 6.73. The molecule has 0 aromatic heterocycles. The Bertz CT molecular complexity index is 737. The summed E-state index contributed by atoms with van der Waals surface area (Å²) in [4.78, 5) is 0. The van der Waals surface area contributed by atoms with Crippen molar-refractivity contribution in [2.24, 2.45) is 0 Å². The lowest BCUT2D eigenvalue weighted by Gasteiger charge is -2.16. The molecule has 118 valence electrons. The van der Waals surface area contributed by atoms with Gasteiger partial charge in [-0.3, -0.25) is 0 Å². The van der Waals surface area contributed by atoms with Crippen LogP contribution in [0.25, 0.3) is 11.1 Å². The number of hydrogen-bond acceptors (Lipinski definition) is 4. The smallest absolute Gasteiger partial charge is 0.140 e. The molecule has 0 amide bonds. The second-order valence-electron chi connectivity index (χ2n) is 4.79. The van der Waals surface area contributed by atoms with Gasteiger partial charge in [0, 0.05) is 10.8 Å². The molecule has 0 fully saturated rings. The first kappa shape index (κ1) is 16.1. The average Bonchev–Trinajstić information content (AvgIpc) is 2.55. The van der Waals surface area contributed by atoms with Crippen molar-refractivity contribution in [1.82, 2.24) is 0 Å². The molecule has 0 bridgehead atoms. The molecule has 0 spiro atoms. The van der Waals surface area contributed by atoms with E-state index in [0.717, 1.165) is 22.3 Å². The van der Waals surface area contributed by atoms with Crippen LogP contribution >= 0.6 is 10.8 Å². The van der Waals surface area contributed by atoms with Crippen LogP contribution in [-0.2, 0) is 3.74 Å². The van der Waals surface area contributed by atoms with Gasteiger partial charge in [0.25, 0.3) is 0 Å². The van der Waals surface area contributed by atoms with Crippen LogP contribution in [0, 0.1) is 10.2 Å². The van der Waals surface area contributed by atoms with Crippen LogP contribution in [0.2, 0.25) is 0 Å². The second-order valence-corrected chi connectivity index (χ2v) is 7.18. The lowest BCUT2D eigenvalue weighted by atomic mass is 10.0. The van der Waals surface area contributed by atoms with Crippen molar-refractivity contribution >= 4 is 27.3 Å². The SMILES string of the molecule is [O-][Cl+3]([O-])([O-])OS1=CC(c2ccccc2)=CC(c2ccccc2)=C1. The van der Waals surface area contributed by atoms with E-state index < -0.39 is 21.0 Å². The molecule has 0 N–H and O–H groups in total. The Hall–Kier alpha value is -1.73. The lowest BCUT2D eigenvalue weighted by Crippen LogP contribution is -2.60. The first-order valence-corrected chi connectivity index (χ1v) is 9.24. The summed E-state index contributed by atoms with van der Waals surface area (Å²) >= 11 is 0. The average molecular weight is 349 g/mol. The topological polar surface area (TPSA) is 78.4 Å². The third-order valence-electron chi connectivity index (χ3n) is 3.16. The van der Waals surface area contributed by atoms with Gasteiger partial charge in [-0.15, -0.1) is 0 Å². The minimum Gasteiger partial charge on any atom is -0.182 e. The summed E-state index contributed by atoms with van der Waals surface area (Å²) in [6.07, 6.45) is 1.95. The van der Waals surface area contributed by atoms with Crippen LogP contribution in [0.5, 0.6) is 0 Å². The molecule has 6 heteroatoms. The van der Waals surface area contributed by atoms with Gasteiger partial charge in [0.1, 0.15) is 14.5 Å². The quantitative estimate of drug-likeness (QED) is 0.773. The maximum Gasteiger partial charge on any atom is 0.140 e. The molecular weight excluding hydrogens is 336 g/mol. The molecule has 2 aromatic rings. The van der Waals surface area contributed by atoms with Crippen LogP contribution in [0.15, 0.2) is 72.1 Å². The van der Waals surface area contributed by atoms with Crippen LogP contribution in [0.4, 0.5) is 0 Å². The standard InChI is InChI=1S/C17H13ClO4S/c19-18(20,21)22-23-12-16(14-7-3-1-4-8-14)11-17(13-23)15-9-5-2-6-10-15/h1-13H. The number of hydrogen-bond donors (Lipinski definition) is 0. The third-order valence-corrected chi connectivity index (χ3v) is 5.33. The van der Waals surface area contributed by atoms with Crippen LogP contribution < -0.4 is 14.0 Å². The van der Waals surface area contributed by atoms with Gasteiger partial charge in [-0.2, -0.15) is 14.0 Å². The normalized spacial score (nSPS) is 18.0. The van der Waals surface area contributed by atoms with Gasteiger partial charge in [0.05, 0.1) is 10.2 Å². The van der Waals surface area contributed by atoms with Crippen molar-refractivity contribution in [3.63, 3.8) is 0 Å². The molecule has 2 aromatic carbocycles. The van der Waals surface area contributed by atoms with E-state index in [4.69, 9.17) is 0 Å². The molecule has 0 saturated heterocycles. The van der Waals surface area contributed by atoms with E-state index in [1.807, 2.05) is 66.7 Å². The molecule has 23 heavy (non-hydrogen) atoms. The fourth-order valence-electron chi connectivity index (χ4n) is 2.21. The van der Waals surface area contributed by atoms with E-state index in [1.54, 1.807) is 10.8 Å². The Labute approximate surface area is 138 Å². The van der Waals surface area contributed by atoms with Gasteiger partial charge < -0.3 is 0 Å². The van der Waals surface area contributed by atoms with E-state index in [2.05, 4.69) is 3.74 Å². The van der Waals surface area contributed by atoms with Crippen LogP contribution in [-0.4, -0.2) is 5.37 Å². The number of halogens is 1. The van der Waals surface area contributed by atoms with Gasteiger partial charge in [0.15, 0.2) is 0 Å². The van der Waals surface area contributed by atoms with Crippen molar-refractivity contribution in [2.45, 2.75) is 0 Å². The summed E-state index contributed by atoms with van der Waals surface area (Å²) in [7, 11) is -5.73. The molecule has 3 rings (SSSR count). The van der Waals surface area contributed by atoms with Crippen molar-refractivity contribution in [2.75, 3.05) is 0 Å². The highest BCUT2D eigenvalue weighted by molar-refractivity contribution is 8.14. The summed E-state index contributed by atoms with van der Waals surface area (Å²) in [6, 6.07) is 19.1. The number of rotatable bonds is 4. The molecule has 1 atom stereocenters. The fraction of sp³-hybridized carbons (Fsp3) is 0. The number of allylic oxidation sites excluding steroid dienone is 3. The molecule has 1 heterocycles. The van der Waals surface area contributed by atoms with Gasteiger partial charge >= 0.3 is 0 Å². The van der Waals surface area contributed by atoms with E-state index in [-0.39, 0.29) is 0 Å². The van der Waals surface area contributed by atoms with E-state index in [9.17, 15) is 14.0 Å². The summed E-state index contributed by atoms with van der Waals surface area (Å²) in [5, 5.41) is 3.29. The third kappa shape index (κ3) is 4.39. The molecule has 0 radical (unpaired) electrons. The molecular formula is C17H13ClO4S. The number of benzene rings is 2. The molecule has 1 unspecified atom stereocenters. The summed E-state index contributed by atoms with van der Waals surface area (Å²) < 4.78 is 37.4. The molecule has 4 nitrogen and oxygen atoms in total. The summed E-state index contributed by atoms with van der Waals surface area (Å²) in [6.45, 7) is 0. The minimum absolute atomic E-state index is 0.814. The van der Waals surface area contributed by atoms with Gasteiger partial charge in [-0.1, -0.05) is 60.7 Å². The lowest BCUT2D eigenvalue weighted by molar-refractivity contribution is -1.91. The predicted molar refractivity (Wildman–Crippen MR) is 83.6 cm³/mol. The monoisotopic (exact) mass is 348 g/mol. The van der Waals surface area contributed by atoms with Crippen molar-refractivity contribution in [3.8, 4) is 0 Å². The zero-order valence-corrected chi connectivity index (χ0v) is 13.5. The maximum absolute atomic E-state index is 10.9. The Balaban J connectivity index is 2.05. The van der Waals surface area contributed by atoms with E-state index >= 15 is 0 Å². The highest BCUT2D eigenvalue weighted by atomic mass is 35.7. The zero-order chi connectivity index (χ0) is 16.3. The fourth-order valence-corrected chi connectivity index (χ4v) is 4.19. The van der Waals surface area contributed by atoms with Crippen LogP contribution in [0.3, 0.4) is 0 Å². The Morgan fingerprint density at radius 2 is 1.26 bits per heavy atom. The predicted octanol–water partition coefficient (Wildman–Crippen LogP) is 1.02. The maximum atomic E-state index is 10.9. The largest absolute Gasteiger partial charge is 0.182 e. The van der Waals surface area contributed by atoms with Gasteiger partial charge in [-0.25, -0.2) is 0 Å². The minimum atomic E-state index is -4.49. The van der Waals surface area contributed by atoms with Gasteiger partial charge in [0.2, 0.25) is 0 Å². The Kier molecular flexibility index (Phi) is 4.77. The highest BCUT2D eigenvalue weighted by Crippen LogP contribution is 2.34. The zero-order valence-electron chi connectivity index (χ0n) is 11.9. The van der Waals surface area contributed by atoms with Crippen LogP contribution in [0.1, 0.15) is 11.1 Å². The molecule has 1 aliphatic heterocycles. The highest BCUT2D eigenvalue weighted by Gasteiger charge is 2.23. The first-order chi connectivity index (χ1) is 11.0. The second kappa shape index (κ2) is 6.80. The summed E-state index contributed by atoms with van der Waals surface area (Å²) in [5.41, 5.74) is 3.48. The molecule has 0 aliphatic carbocycles. The summed E-state index contributed by atoms with van der Waals surface area (Å²) in [5.74, 6) is 0. The van der Waals surface area contributed by atoms with E-state index in [0.29, 0.717) is 0 Å². The molecule has 0 saturated carbocycles. The van der Waals surface area contributed by atoms with Gasteiger partial charge in [-0.05, 0) is 28.3 Å². The van der Waals surface area contributed by atoms with Crippen molar-refractivity contribution in [3.05, 3.63) is 83.3 Å². The molecule has 1 aliphatic rings. The Morgan fingerprint density at radius 1 is 0.739 bits per heavy atom. The Morgan fingerprint density at radius 3 is 1.78 bits per heavy atom. The van der Waals surface area contributed by atoms with Crippen molar-refractivity contribution in [1.29, 1.82) is 0 Å². The van der Waals surface area contributed by atoms with Crippen molar-refractivity contribution < 1.29 is 28.0 Å². The van der Waals surface area contributed by atoms with E-state index in [1.165, 1.54) is 0 Å².